The van der Waals surface area contributed by atoms with Gasteiger partial charge in [-0.1, -0.05) is 48.0 Å². The summed E-state index contributed by atoms with van der Waals surface area (Å²) in [4.78, 5) is 2.39. The SMILES string of the molecule is CCN(c1ccc2c(-c3ccccc3S(=O)(=O)CC#N)c3ccc(=[N+](CC)c4c(C)cc(Cl)cc4C)cc-3oc2c1)c1c(C)cccc1C. The molecule has 0 fully saturated rings. The highest BCUT2D eigenvalue weighted by atomic mass is 35.5. The van der Waals surface area contributed by atoms with E-state index >= 15 is 0 Å². The minimum atomic E-state index is -3.89. The smallest absolute Gasteiger partial charge is 0.211 e. The van der Waals surface area contributed by atoms with E-state index in [9.17, 15) is 13.7 Å². The highest BCUT2D eigenvalue weighted by Gasteiger charge is 2.26. The summed E-state index contributed by atoms with van der Waals surface area (Å²) in [6.07, 6.45) is 0. The van der Waals surface area contributed by atoms with E-state index in [-0.39, 0.29) is 4.90 Å². The molecule has 6 nitrogen and oxygen atoms in total. The molecule has 1 aliphatic heterocycles. The van der Waals surface area contributed by atoms with Crippen LogP contribution >= 0.6 is 11.6 Å². The maximum atomic E-state index is 13.5. The topological polar surface area (TPSA) is 77.3 Å². The van der Waals surface area contributed by atoms with Crippen molar-refractivity contribution in [2.75, 3.05) is 23.7 Å². The van der Waals surface area contributed by atoms with E-state index < -0.39 is 15.6 Å². The molecule has 8 heteroatoms. The predicted octanol–water partition coefficient (Wildman–Crippen LogP) is 9.67. The van der Waals surface area contributed by atoms with Gasteiger partial charge < -0.3 is 9.32 Å². The summed E-state index contributed by atoms with van der Waals surface area (Å²) in [6, 6.07) is 31.2. The molecule has 2 aliphatic rings. The Hall–Kier alpha value is -4.90. The highest BCUT2D eigenvalue weighted by molar-refractivity contribution is 7.91. The predicted molar refractivity (Wildman–Crippen MR) is 201 cm³/mol. The largest absolute Gasteiger partial charge is 0.456 e. The minimum absolute atomic E-state index is 0.117. The number of anilines is 2. The van der Waals surface area contributed by atoms with Crippen LogP contribution in [0.3, 0.4) is 0 Å². The van der Waals surface area contributed by atoms with Gasteiger partial charge in [-0.25, -0.2) is 8.42 Å². The summed E-state index contributed by atoms with van der Waals surface area (Å²) < 4.78 is 35.9. The Morgan fingerprint density at radius 2 is 1.51 bits per heavy atom. The van der Waals surface area contributed by atoms with Crippen molar-refractivity contribution >= 4 is 49.5 Å². The Bertz CT molecular complexity index is 2400. The number of nitrogens with zero attached hydrogens (tertiary/aromatic N) is 3. The molecular weight excluding hydrogens is 650 g/mol. The van der Waals surface area contributed by atoms with E-state index in [0.717, 1.165) is 56.6 Å². The Morgan fingerprint density at radius 1 is 0.816 bits per heavy atom. The molecule has 4 aromatic carbocycles. The first-order chi connectivity index (χ1) is 23.5. The van der Waals surface area contributed by atoms with Gasteiger partial charge >= 0.3 is 0 Å². The number of aryl methyl sites for hydroxylation is 4. The molecule has 49 heavy (non-hydrogen) atoms. The summed E-state index contributed by atoms with van der Waals surface area (Å²) >= 11 is 6.39. The number of hydrogen-bond donors (Lipinski definition) is 0. The number of benzene rings is 5. The average molecular weight is 689 g/mol. The minimum Gasteiger partial charge on any atom is -0.456 e. The molecule has 6 rings (SSSR count). The number of para-hydroxylation sites is 1. The number of halogens is 1. The number of rotatable bonds is 8. The van der Waals surface area contributed by atoms with Crippen LogP contribution in [-0.4, -0.2) is 27.3 Å². The standard InChI is InChI=1S/C41H39ClN3O3S/c1-7-44(40-26(3)12-11-13-27(40)4)31-16-18-33-36(24-31)48-37-25-32(45(8-2)41-28(5)22-30(42)23-29(41)6)17-19-34(37)39(33)35-14-9-10-15-38(35)49(46,47)21-20-43/h9-19,22-25H,7-8,21H2,1-6H3/q+1. The van der Waals surface area contributed by atoms with Crippen molar-refractivity contribution in [1.82, 2.24) is 4.58 Å². The van der Waals surface area contributed by atoms with Crippen LogP contribution in [0, 0.1) is 39.0 Å². The summed E-state index contributed by atoms with van der Waals surface area (Å²) in [5.74, 6) is 0.000184. The van der Waals surface area contributed by atoms with Crippen molar-refractivity contribution in [2.24, 2.45) is 0 Å². The number of fused-ring (bicyclic) bond motifs is 2. The van der Waals surface area contributed by atoms with Gasteiger partial charge in [0.25, 0.3) is 0 Å². The second-order valence-electron chi connectivity index (χ2n) is 12.4. The van der Waals surface area contributed by atoms with E-state index in [4.69, 9.17) is 16.0 Å². The Morgan fingerprint density at radius 3 is 2.16 bits per heavy atom. The van der Waals surface area contributed by atoms with Crippen molar-refractivity contribution in [2.45, 2.75) is 46.4 Å². The molecule has 0 saturated heterocycles. The van der Waals surface area contributed by atoms with Gasteiger partial charge in [-0.2, -0.15) is 9.84 Å². The summed E-state index contributed by atoms with van der Waals surface area (Å²) in [6.45, 7) is 14.0. The molecule has 4 aromatic rings. The van der Waals surface area contributed by atoms with Crippen LogP contribution in [0.15, 0.2) is 100 Å². The van der Waals surface area contributed by atoms with Crippen LogP contribution in [-0.2, 0) is 9.84 Å². The number of nitriles is 1. The third-order valence-corrected chi connectivity index (χ3v) is 10.9. The molecule has 0 unspecified atom stereocenters. The highest BCUT2D eigenvalue weighted by Crippen LogP contribution is 2.44. The van der Waals surface area contributed by atoms with Crippen LogP contribution in [0.1, 0.15) is 36.1 Å². The fraction of sp³-hybridized carbons (Fsp3) is 0.220. The summed E-state index contributed by atoms with van der Waals surface area (Å²) in [7, 11) is -3.89. The molecule has 0 spiro atoms. The maximum absolute atomic E-state index is 13.5. The van der Waals surface area contributed by atoms with Crippen LogP contribution in [0.4, 0.5) is 17.1 Å². The van der Waals surface area contributed by atoms with Gasteiger partial charge in [0.1, 0.15) is 23.6 Å². The Balaban J connectivity index is 1.71. The van der Waals surface area contributed by atoms with Crippen LogP contribution in [0.25, 0.3) is 33.4 Å². The molecule has 0 N–H and O–H groups in total. The maximum Gasteiger partial charge on any atom is 0.211 e. The van der Waals surface area contributed by atoms with Crippen molar-refractivity contribution in [3.05, 3.63) is 124 Å². The van der Waals surface area contributed by atoms with Gasteiger partial charge in [0.2, 0.25) is 11.0 Å². The van der Waals surface area contributed by atoms with Gasteiger partial charge in [0.15, 0.2) is 9.84 Å². The van der Waals surface area contributed by atoms with Gasteiger partial charge in [0, 0.05) is 68.3 Å². The Kier molecular flexibility index (Phi) is 9.39. The molecule has 0 bridgehead atoms. The van der Waals surface area contributed by atoms with Gasteiger partial charge in [0.05, 0.1) is 17.0 Å². The van der Waals surface area contributed by atoms with Crippen LogP contribution in [0.5, 0.6) is 0 Å². The third-order valence-electron chi connectivity index (χ3n) is 9.13. The van der Waals surface area contributed by atoms with Crippen molar-refractivity contribution < 1.29 is 12.8 Å². The van der Waals surface area contributed by atoms with Gasteiger partial charge in [-0.3, -0.25) is 0 Å². The second-order valence-corrected chi connectivity index (χ2v) is 14.8. The van der Waals surface area contributed by atoms with E-state index in [1.807, 2.05) is 60.7 Å². The molecule has 0 atom stereocenters. The molecule has 0 saturated carbocycles. The van der Waals surface area contributed by atoms with Gasteiger partial charge in [-0.15, -0.1) is 0 Å². The Labute approximate surface area is 293 Å². The van der Waals surface area contributed by atoms with Crippen molar-refractivity contribution in [1.29, 1.82) is 5.26 Å². The molecule has 1 heterocycles. The molecule has 0 radical (unpaired) electrons. The van der Waals surface area contributed by atoms with E-state index in [0.29, 0.717) is 28.5 Å². The molecule has 0 aromatic heterocycles. The zero-order valence-electron chi connectivity index (χ0n) is 28.6. The zero-order chi connectivity index (χ0) is 35.0. The second kappa shape index (κ2) is 13.5. The normalized spacial score (nSPS) is 12.3. The van der Waals surface area contributed by atoms with Gasteiger partial charge in [-0.05, 0) is 89.1 Å². The van der Waals surface area contributed by atoms with E-state index in [1.54, 1.807) is 12.1 Å². The van der Waals surface area contributed by atoms with E-state index in [2.05, 4.69) is 75.3 Å². The summed E-state index contributed by atoms with van der Waals surface area (Å²) in [5, 5.41) is 11.8. The fourth-order valence-corrected chi connectivity index (χ4v) is 8.54. The number of hydrogen-bond acceptors (Lipinski definition) is 5. The lowest BCUT2D eigenvalue weighted by Crippen LogP contribution is -2.26. The third kappa shape index (κ3) is 6.23. The van der Waals surface area contributed by atoms with Crippen molar-refractivity contribution in [3.63, 3.8) is 0 Å². The number of sulfone groups is 1. The lowest BCUT2D eigenvalue weighted by molar-refractivity contribution is 0.599. The average Bonchev–Trinajstić information content (AvgIpc) is 3.06. The lowest BCUT2D eigenvalue weighted by Gasteiger charge is -2.27. The van der Waals surface area contributed by atoms with Crippen molar-refractivity contribution in [3.8, 4) is 28.5 Å². The quantitative estimate of drug-likeness (QED) is 0.118. The molecule has 248 valence electrons. The monoisotopic (exact) mass is 688 g/mol. The van der Waals surface area contributed by atoms with Crippen LogP contribution in [0.2, 0.25) is 5.02 Å². The van der Waals surface area contributed by atoms with E-state index in [1.165, 1.54) is 11.1 Å². The summed E-state index contributed by atoms with van der Waals surface area (Å²) in [5.41, 5.74) is 10.3. The zero-order valence-corrected chi connectivity index (χ0v) is 30.2. The van der Waals surface area contributed by atoms with Crippen LogP contribution < -0.4 is 14.8 Å². The first-order valence-electron chi connectivity index (χ1n) is 16.4. The molecule has 1 aliphatic carbocycles. The molecular formula is C41H39ClN3O3S+. The first-order valence-corrected chi connectivity index (χ1v) is 18.4. The molecule has 0 amide bonds. The fourth-order valence-electron chi connectivity index (χ4n) is 7.10. The lowest BCUT2D eigenvalue weighted by atomic mass is 9.93. The first kappa shape index (κ1) is 34.0.